The Balaban J connectivity index is 1.78. The number of hydrogen-bond acceptors (Lipinski definition) is 0. The van der Waals surface area contributed by atoms with Crippen molar-refractivity contribution in [2.24, 2.45) is 39.9 Å². The zero-order valence-electron chi connectivity index (χ0n) is 5.22. The highest BCUT2D eigenvalue weighted by Gasteiger charge is 3.31. The molecule has 0 amide bonds. The zero-order valence-corrected chi connectivity index (χ0v) is 5.22. The van der Waals surface area contributed by atoms with Crippen LogP contribution in [-0.2, 0) is 0 Å². The fourth-order valence-corrected chi connectivity index (χ4v) is 5.78. The molecule has 6 rings (SSSR count). The summed E-state index contributed by atoms with van der Waals surface area (Å²) in [5.41, 5.74) is 3.41. The molecule has 0 aromatic carbocycles. The van der Waals surface area contributed by atoms with Crippen molar-refractivity contribution in [2.75, 3.05) is 0 Å². The lowest BCUT2D eigenvalue weighted by Gasteiger charge is -2.10. The molecule has 0 saturated heterocycles. The molecule has 6 unspecified atom stereocenters. The second kappa shape index (κ2) is 0.383. The van der Waals surface area contributed by atoms with Crippen molar-refractivity contribution in [3.8, 4) is 0 Å². The lowest BCUT2D eigenvalue weighted by atomic mass is 9.93. The van der Waals surface area contributed by atoms with Crippen molar-refractivity contribution in [3.63, 3.8) is 0 Å². The third-order valence-corrected chi connectivity index (χ3v) is 6.15. The van der Waals surface area contributed by atoms with E-state index in [1.165, 1.54) is 23.7 Å². The minimum Gasteiger partial charge on any atom is -0.0459 e. The lowest BCUT2D eigenvalue weighted by molar-refractivity contribution is 0.364. The van der Waals surface area contributed by atoms with Crippen molar-refractivity contribution in [1.82, 2.24) is 0 Å². The Bertz CT molecular complexity index is 300. The predicted molar refractivity (Wildman–Crippen MR) is 30.5 cm³/mol. The van der Waals surface area contributed by atoms with E-state index in [1.807, 2.05) is 0 Å². The van der Waals surface area contributed by atoms with Gasteiger partial charge in [0.15, 0.2) is 0 Å². The molecule has 3 spiro atoms. The van der Waals surface area contributed by atoms with Crippen molar-refractivity contribution in [3.05, 3.63) is 0 Å². The zero-order chi connectivity index (χ0) is 5.22. The summed E-state index contributed by atoms with van der Waals surface area (Å²) in [6, 6.07) is 0. The SMILES string of the molecule is C1C2C1C21C2C34CC3C241. The van der Waals surface area contributed by atoms with Gasteiger partial charge in [0.2, 0.25) is 0 Å². The normalized spacial score (nSPS) is 117. The summed E-state index contributed by atoms with van der Waals surface area (Å²) in [7, 11) is 0. The molecule has 0 heteroatoms. The van der Waals surface area contributed by atoms with Gasteiger partial charge in [-0.25, -0.2) is 0 Å². The van der Waals surface area contributed by atoms with E-state index in [9.17, 15) is 0 Å². The van der Waals surface area contributed by atoms with E-state index in [2.05, 4.69) is 0 Å². The molecule has 44 valence electrons. The molecule has 6 aliphatic carbocycles. The largest absolute Gasteiger partial charge is 0.0459 e. The first-order valence-electron chi connectivity index (χ1n) is 4.43. The van der Waals surface area contributed by atoms with E-state index < -0.39 is 0 Å². The Morgan fingerprint density at radius 3 is 2.22 bits per heavy atom. The van der Waals surface area contributed by atoms with Gasteiger partial charge >= 0.3 is 0 Å². The van der Waals surface area contributed by atoms with Crippen LogP contribution in [0, 0.1) is 39.9 Å². The van der Waals surface area contributed by atoms with Crippen LogP contribution in [-0.4, -0.2) is 0 Å². The van der Waals surface area contributed by atoms with Crippen LogP contribution in [0.2, 0.25) is 0 Å². The van der Waals surface area contributed by atoms with E-state index in [4.69, 9.17) is 0 Å². The van der Waals surface area contributed by atoms with Crippen LogP contribution in [0.1, 0.15) is 12.8 Å². The first-order chi connectivity index (χ1) is 4.43. The summed E-state index contributed by atoms with van der Waals surface area (Å²) in [5.74, 6) is 5.34. The lowest BCUT2D eigenvalue weighted by Crippen LogP contribution is -2.06. The van der Waals surface area contributed by atoms with Crippen LogP contribution in [0.15, 0.2) is 0 Å². The molecule has 6 aliphatic rings. The molecule has 9 heavy (non-hydrogen) atoms. The second-order valence-corrected chi connectivity index (χ2v) is 5.48. The summed E-state index contributed by atoms with van der Waals surface area (Å²) >= 11 is 0. The second-order valence-electron chi connectivity index (χ2n) is 5.48. The van der Waals surface area contributed by atoms with Gasteiger partial charge in [-0.05, 0) is 52.8 Å². The summed E-state index contributed by atoms with van der Waals surface area (Å²) in [6.45, 7) is 0. The van der Waals surface area contributed by atoms with Crippen LogP contribution < -0.4 is 0 Å². The van der Waals surface area contributed by atoms with Gasteiger partial charge < -0.3 is 0 Å². The molecule has 0 aromatic heterocycles. The maximum Gasteiger partial charge on any atom is -0.00962 e. The third-order valence-electron chi connectivity index (χ3n) is 6.15. The van der Waals surface area contributed by atoms with Crippen LogP contribution in [0.25, 0.3) is 0 Å². The van der Waals surface area contributed by atoms with E-state index >= 15 is 0 Å². The molecule has 0 radical (unpaired) electrons. The fraction of sp³-hybridized carbons (Fsp3) is 1.00. The highest BCUT2D eigenvalue weighted by atomic mass is 15.3. The third kappa shape index (κ3) is 0.0774. The molecular formula is C9H8. The molecule has 0 bridgehead atoms. The van der Waals surface area contributed by atoms with Crippen LogP contribution >= 0.6 is 0 Å². The quantitative estimate of drug-likeness (QED) is 0.447. The number of hydrogen-bond donors (Lipinski definition) is 0. The minimum absolute atomic E-state index is 1.13. The molecule has 0 heterocycles. The average molecular weight is 116 g/mol. The Morgan fingerprint density at radius 2 is 2.11 bits per heavy atom. The average Bonchev–Trinajstić information content (AvgIpc) is 2.54. The van der Waals surface area contributed by atoms with Crippen molar-refractivity contribution < 1.29 is 0 Å². The highest BCUT2D eigenvalue weighted by molar-refractivity contribution is 5.77. The minimum atomic E-state index is 1.13. The summed E-state index contributed by atoms with van der Waals surface area (Å²) < 4.78 is 0. The van der Waals surface area contributed by atoms with Crippen molar-refractivity contribution in [2.45, 2.75) is 12.8 Å². The van der Waals surface area contributed by atoms with Crippen LogP contribution in [0.3, 0.4) is 0 Å². The molecular weight excluding hydrogens is 108 g/mol. The topological polar surface area (TPSA) is 0 Å². The van der Waals surface area contributed by atoms with Gasteiger partial charge in [0, 0.05) is 0 Å². The maximum atomic E-state index is 1.68. The van der Waals surface area contributed by atoms with Gasteiger partial charge in [0.05, 0.1) is 0 Å². The van der Waals surface area contributed by atoms with Gasteiger partial charge in [-0.2, -0.15) is 0 Å². The van der Waals surface area contributed by atoms with E-state index in [-0.39, 0.29) is 0 Å². The van der Waals surface area contributed by atoms with Crippen molar-refractivity contribution >= 4 is 0 Å². The van der Waals surface area contributed by atoms with Gasteiger partial charge in [0.1, 0.15) is 0 Å². The Hall–Kier alpha value is 0. The fourth-order valence-electron chi connectivity index (χ4n) is 5.78. The van der Waals surface area contributed by atoms with Crippen molar-refractivity contribution in [1.29, 1.82) is 0 Å². The maximum absolute atomic E-state index is 1.68. The smallest absolute Gasteiger partial charge is 0.00962 e. The first-order valence-corrected chi connectivity index (χ1v) is 4.43. The summed E-state index contributed by atoms with van der Waals surface area (Å²) in [5, 5.41) is 0. The van der Waals surface area contributed by atoms with E-state index in [0.29, 0.717) is 0 Å². The van der Waals surface area contributed by atoms with Crippen LogP contribution in [0.4, 0.5) is 0 Å². The highest BCUT2D eigenvalue weighted by Crippen LogP contribution is 3.34. The Morgan fingerprint density at radius 1 is 1.22 bits per heavy atom. The van der Waals surface area contributed by atoms with Crippen LogP contribution in [0.5, 0.6) is 0 Å². The standard InChI is InChI=1S/C9H8/c1-3-4(1)8(3)6-7-2-5(7)9(6,7)8/h3-6H,1-2H2. The molecule has 0 aromatic rings. The van der Waals surface area contributed by atoms with Gasteiger partial charge in [-0.1, -0.05) is 0 Å². The Kier molecular flexibility index (Phi) is 0.125. The summed E-state index contributed by atoms with van der Waals surface area (Å²) in [6.07, 6.45) is 3.33. The summed E-state index contributed by atoms with van der Waals surface area (Å²) in [4.78, 5) is 0. The number of rotatable bonds is 0. The molecule has 6 saturated carbocycles. The molecule has 0 aliphatic heterocycles. The number of fused-ring (bicyclic) bond motifs is 4. The Labute approximate surface area is 53.6 Å². The monoisotopic (exact) mass is 116 g/mol. The molecule has 6 atom stereocenters. The molecule has 6 fully saturated rings. The van der Waals surface area contributed by atoms with E-state index in [0.717, 1.165) is 16.2 Å². The van der Waals surface area contributed by atoms with Gasteiger partial charge in [-0.15, -0.1) is 0 Å². The van der Waals surface area contributed by atoms with E-state index in [1.54, 1.807) is 12.8 Å². The predicted octanol–water partition coefficient (Wildman–Crippen LogP) is 1.27. The van der Waals surface area contributed by atoms with Gasteiger partial charge in [0.25, 0.3) is 0 Å². The molecule has 0 nitrogen and oxygen atoms in total. The molecule has 0 N–H and O–H groups in total. The first kappa shape index (κ1) is 2.94. The van der Waals surface area contributed by atoms with Gasteiger partial charge in [-0.3, -0.25) is 0 Å².